The number of amides is 1. The van der Waals surface area contributed by atoms with Gasteiger partial charge in [0.05, 0.1) is 10.6 Å². The number of benzene rings is 4. The quantitative estimate of drug-likeness (QED) is 0.210. The molecule has 4 aromatic carbocycles. The van der Waals surface area contributed by atoms with Crippen molar-refractivity contribution in [1.29, 1.82) is 0 Å². The molecule has 8 heteroatoms. The Morgan fingerprint density at radius 3 is 2.21 bits per heavy atom. The average Bonchev–Trinajstić information content (AvgIpc) is 3.34. The van der Waals surface area contributed by atoms with E-state index in [2.05, 4.69) is 20.7 Å². The Bertz CT molecular complexity index is 1720. The first-order valence-corrected chi connectivity index (χ1v) is 14.5. The molecule has 1 heterocycles. The monoisotopic (exact) mass is 600 g/mol. The van der Waals surface area contributed by atoms with Crippen molar-refractivity contribution in [3.8, 4) is 22.7 Å². The van der Waals surface area contributed by atoms with E-state index in [1.54, 1.807) is 42.5 Å². The molecule has 1 N–H and O–H groups in total. The molecule has 0 aliphatic rings. The summed E-state index contributed by atoms with van der Waals surface area (Å²) in [7, 11) is -4.05. The molecular weight excluding hydrogens is 576 g/mol. The van der Waals surface area contributed by atoms with Gasteiger partial charge in [0.15, 0.2) is 0 Å². The second-order valence-corrected chi connectivity index (χ2v) is 11.5. The number of aromatic nitrogens is 1. The average molecular weight is 602 g/mol. The van der Waals surface area contributed by atoms with Crippen molar-refractivity contribution in [2.45, 2.75) is 18.4 Å². The van der Waals surface area contributed by atoms with Crippen LogP contribution in [0.3, 0.4) is 0 Å². The minimum absolute atomic E-state index is 0.00349. The number of carbonyl (C=O) groups is 1. The van der Waals surface area contributed by atoms with Crippen LogP contribution in [0.4, 0.5) is 0 Å². The Kier molecular flexibility index (Phi) is 7.67. The molecule has 0 aliphatic heterocycles. The third-order valence-electron chi connectivity index (χ3n) is 6.20. The van der Waals surface area contributed by atoms with Crippen molar-refractivity contribution < 1.29 is 17.9 Å². The molecule has 5 rings (SSSR count). The molecule has 0 unspecified atom stereocenters. The van der Waals surface area contributed by atoms with Gasteiger partial charge in [0.2, 0.25) is 0 Å². The lowest BCUT2D eigenvalue weighted by Gasteiger charge is -2.17. The zero-order valence-electron chi connectivity index (χ0n) is 21.0. The first-order chi connectivity index (χ1) is 18.8. The highest BCUT2D eigenvalue weighted by atomic mass is 79.9. The molecule has 0 radical (unpaired) electrons. The molecule has 0 bridgehead atoms. The number of ether oxygens (including phenoxy) is 1. The van der Waals surface area contributed by atoms with Gasteiger partial charge in [0.25, 0.3) is 15.9 Å². The molecule has 0 atom stereocenters. The normalized spacial score (nSPS) is 11.2. The Balaban J connectivity index is 1.44. The van der Waals surface area contributed by atoms with Gasteiger partial charge in [-0.3, -0.25) is 4.79 Å². The van der Waals surface area contributed by atoms with Gasteiger partial charge in [-0.25, -0.2) is 13.1 Å². The van der Waals surface area contributed by atoms with E-state index in [0.717, 1.165) is 38.4 Å². The van der Waals surface area contributed by atoms with Crippen LogP contribution in [-0.4, -0.2) is 18.9 Å². The molecule has 39 heavy (non-hydrogen) atoms. The number of halogens is 1. The maximum Gasteiger partial charge on any atom is 0.264 e. The van der Waals surface area contributed by atoms with E-state index in [1.165, 1.54) is 12.1 Å². The lowest BCUT2D eigenvalue weighted by Crippen LogP contribution is -2.30. The highest BCUT2D eigenvalue weighted by molar-refractivity contribution is 9.10. The Labute approximate surface area is 236 Å². The topological polar surface area (TPSA) is 77.4 Å². The van der Waals surface area contributed by atoms with E-state index in [0.29, 0.717) is 6.61 Å². The van der Waals surface area contributed by atoms with E-state index in [1.807, 2.05) is 72.2 Å². The fraction of sp³-hybridized carbons (Fsp3) is 0.0645. The number of carbonyl (C=O) groups excluding carboxylic acids is 1. The maximum atomic E-state index is 12.9. The summed E-state index contributed by atoms with van der Waals surface area (Å²) in [5.74, 6) is 0.0464. The molecule has 0 fully saturated rings. The fourth-order valence-corrected chi connectivity index (χ4v) is 5.59. The molecule has 5 aromatic rings. The summed E-state index contributed by atoms with van der Waals surface area (Å²) in [4.78, 5) is 12.4. The van der Waals surface area contributed by atoms with Crippen LogP contribution in [0.2, 0.25) is 0 Å². The highest BCUT2D eigenvalue weighted by Crippen LogP contribution is 2.36. The lowest BCUT2D eigenvalue weighted by molar-refractivity contribution is 0.0981. The van der Waals surface area contributed by atoms with Gasteiger partial charge in [0, 0.05) is 27.0 Å². The number of sulfonamides is 1. The molecule has 1 aromatic heterocycles. The maximum absolute atomic E-state index is 12.9. The van der Waals surface area contributed by atoms with Crippen LogP contribution in [-0.2, 0) is 16.6 Å². The first kappa shape index (κ1) is 26.5. The zero-order valence-corrected chi connectivity index (χ0v) is 23.4. The van der Waals surface area contributed by atoms with Crippen LogP contribution in [0, 0.1) is 6.92 Å². The number of hydrogen-bond acceptors (Lipinski definition) is 4. The summed E-state index contributed by atoms with van der Waals surface area (Å²) in [6.07, 6.45) is 0. The number of aryl methyl sites for hydroxylation is 1. The standard InChI is InChI=1S/C31H25BrN2O4S/c1-22-12-18-29(28-20-25(32)13-19-30(28)38-21-23-8-4-2-5-9-23)34(22)26-14-16-27(17-15-26)39(36,37)33-31(35)24-10-6-3-7-11-24/h2-20H,21H2,1H3,(H,33,35). The predicted octanol–water partition coefficient (Wildman–Crippen LogP) is 6.91. The zero-order chi connectivity index (χ0) is 27.4. The number of nitrogens with zero attached hydrogens (tertiary/aromatic N) is 1. The molecule has 196 valence electrons. The summed E-state index contributed by atoms with van der Waals surface area (Å²) in [5, 5.41) is 0. The minimum Gasteiger partial charge on any atom is -0.488 e. The van der Waals surface area contributed by atoms with Gasteiger partial charge in [-0.15, -0.1) is 0 Å². The van der Waals surface area contributed by atoms with Crippen molar-refractivity contribution in [3.63, 3.8) is 0 Å². The van der Waals surface area contributed by atoms with Gasteiger partial charge >= 0.3 is 0 Å². The van der Waals surface area contributed by atoms with Crippen LogP contribution < -0.4 is 9.46 Å². The number of rotatable bonds is 8. The van der Waals surface area contributed by atoms with Crippen LogP contribution in [0.5, 0.6) is 5.75 Å². The molecule has 0 saturated heterocycles. The SMILES string of the molecule is Cc1ccc(-c2cc(Br)ccc2OCc2ccccc2)n1-c1ccc(S(=O)(=O)NC(=O)c2ccccc2)cc1. The Morgan fingerprint density at radius 1 is 0.846 bits per heavy atom. The smallest absolute Gasteiger partial charge is 0.264 e. The first-order valence-electron chi connectivity index (χ1n) is 12.2. The second-order valence-electron chi connectivity index (χ2n) is 8.90. The van der Waals surface area contributed by atoms with Gasteiger partial charge in [-0.1, -0.05) is 64.5 Å². The Morgan fingerprint density at radius 2 is 1.51 bits per heavy atom. The minimum atomic E-state index is -4.05. The molecule has 0 spiro atoms. The van der Waals surface area contributed by atoms with Crippen LogP contribution in [0.1, 0.15) is 21.6 Å². The summed E-state index contributed by atoms with van der Waals surface area (Å²) < 4.78 is 37.1. The van der Waals surface area contributed by atoms with Crippen molar-refractivity contribution in [1.82, 2.24) is 9.29 Å². The molecular formula is C31H25BrN2O4S. The predicted molar refractivity (Wildman–Crippen MR) is 156 cm³/mol. The van der Waals surface area contributed by atoms with Gasteiger partial charge in [-0.05, 0) is 79.2 Å². The largest absolute Gasteiger partial charge is 0.488 e. The van der Waals surface area contributed by atoms with E-state index >= 15 is 0 Å². The number of nitrogens with one attached hydrogen (secondary N) is 1. The fourth-order valence-electron chi connectivity index (χ4n) is 4.26. The van der Waals surface area contributed by atoms with Gasteiger partial charge < -0.3 is 9.30 Å². The summed E-state index contributed by atoms with van der Waals surface area (Å²) in [5.41, 5.74) is 4.85. The molecule has 6 nitrogen and oxygen atoms in total. The third-order valence-corrected chi connectivity index (χ3v) is 8.04. The van der Waals surface area contributed by atoms with Crippen molar-refractivity contribution >= 4 is 31.9 Å². The molecule has 0 saturated carbocycles. The van der Waals surface area contributed by atoms with Crippen molar-refractivity contribution in [3.05, 3.63) is 137 Å². The highest BCUT2D eigenvalue weighted by Gasteiger charge is 2.20. The van der Waals surface area contributed by atoms with E-state index in [9.17, 15) is 13.2 Å². The van der Waals surface area contributed by atoms with Gasteiger partial charge in [0.1, 0.15) is 12.4 Å². The number of hydrogen-bond donors (Lipinski definition) is 1. The summed E-state index contributed by atoms with van der Waals surface area (Å²) in [6, 6.07) is 34.5. The van der Waals surface area contributed by atoms with Crippen molar-refractivity contribution in [2.24, 2.45) is 0 Å². The van der Waals surface area contributed by atoms with Crippen molar-refractivity contribution in [2.75, 3.05) is 0 Å². The van der Waals surface area contributed by atoms with Gasteiger partial charge in [-0.2, -0.15) is 0 Å². The third kappa shape index (κ3) is 5.97. The Hall–Kier alpha value is -4.14. The van der Waals surface area contributed by atoms with Crippen LogP contribution in [0.15, 0.2) is 125 Å². The van der Waals surface area contributed by atoms with E-state index in [4.69, 9.17) is 4.74 Å². The van der Waals surface area contributed by atoms with Crippen LogP contribution in [0.25, 0.3) is 16.9 Å². The molecule has 1 amide bonds. The molecule has 0 aliphatic carbocycles. The second kappa shape index (κ2) is 11.3. The summed E-state index contributed by atoms with van der Waals surface area (Å²) in [6.45, 7) is 2.41. The van der Waals surface area contributed by atoms with E-state index < -0.39 is 15.9 Å². The van der Waals surface area contributed by atoms with Crippen LogP contribution >= 0.6 is 15.9 Å². The van der Waals surface area contributed by atoms with E-state index in [-0.39, 0.29) is 10.5 Å². The lowest BCUT2D eigenvalue weighted by atomic mass is 10.1. The summed E-state index contributed by atoms with van der Waals surface area (Å²) >= 11 is 3.58.